The first-order valence-electron chi connectivity index (χ1n) is 7.65. The van der Waals surface area contributed by atoms with Crippen LogP contribution in [-0.2, 0) is 9.53 Å². The van der Waals surface area contributed by atoms with Gasteiger partial charge in [-0.1, -0.05) is 0 Å². The van der Waals surface area contributed by atoms with Crippen LogP contribution < -0.4 is 10.2 Å². The van der Waals surface area contributed by atoms with Gasteiger partial charge in [-0.25, -0.2) is 9.78 Å². The number of carbonyl (C=O) groups excluding carboxylic acids is 2. The molecule has 0 spiro atoms. The number of aromatic nitrogens is 1. The van der Waals surface area contributed by atoms with Gasteiger partial charge in [0.2, 0.25) is 5.91 Å². The molecule has 0 aromatic carbocycles. The molecule has 1 aromatic rings. The fourth-order valence-electron chi connectivity index (χ4n) is 2.61. The van der Waals surface area contributed by atoms with E-state index >= 15 is 0 Å². The molecular formula is C16H23N3O3. The molecule has 1 fully saturated rings. The third kappa shape index (κ3) is 4.19. The van der Waals surface area contributed by atoms with Crippen LogP contribution >= 0.6 is 0 Å². The summed E-state index contributed by atoms with van der Waals surface area (Å²) in [6.07, 6.45) is 3.21. The average molecular weight is 305 g/mol. The Morgan fingerprint density at radius 2 is 2.05 bits per heavy atom. The SMILES string of the molecule is CC(=O)NC1CCN(c2ncccc2C(=O)OC(C)C)CC1. The van der Waals surface area contributed by atoms with Crippen LogP contribution in [0, 0.1) is 0 Å². The summed E-state index contributed by atoms with van der Waals surface area (Å²) in [5.74, 6) is 0.314. The number of amides is 1. The molecule has 6 nitrogen and oxygen atoms in total. The first-order valence-corrected chi connectivity index (χ1v) is 7.65. The van der Waals surface area contributed by atoms with E-state index in [2.05, 4.69) is 15.2 Å². The van der Waals surface area contributed by atoms with Gasteiger partial charge in [-0.2, -0.15) is 0 Å². The Morgan fingerprint density at radius 1 is 1.36 bits per heavy atom. The van der Waals surface area contributed by atoms with Crippen LogP contribution in [-0.4, -0.2) is 42.1 Å². The molecule has 1 saturated heterocycles. The van der Waals surface area contributed by atoms with Crippen molar-refractivity contribution in [2.45, 2.75) is 45.8 Å². The number of esters is 1. The summed E-state index contributed by atoms with van der Waals surface area (Å²) in [4.78, 5) is 29.7. The van der Waals surface area contributed by atoms with Crippen LogP contribution in [0.1, 0.15) is 44.0 Å². The van der Waals surface area contributed by atoms with E-state index < -0.39 is 0 Å². The highest BCUT2D eigenvalue weighted by Gasteiger charge is 2.24. The van der Waals surface area contributed by atoms with Crippen molar-refractivity contribution in [3.8, 4) is 0 Å². The summed E-state index contributed by atoms with van der Waals surface area (Å²) < 4.78 is 5.28. The molecule has 0 aliphatic carbocycles. The molecular weight excluding hydrogens is 282 g/mol. The van der Waals surface area contributed by atoms with E-state index in [9.17, 15) is 9.59 Å². The van der Waals surface area contributed by atoms with Crippen LogP contribution in [0.2, 0.25) is 0 Å². The lowest BCUT2D eigenvalue weighted by atomic mass is 10.0. The van der Waals surface area contributed by atoms with Crippen molar-refractivity contribution in [3.63, 3.8) is 0 Å². The molecule has 1 aromatic heterocycles. The topological polar surface area (TPSA) is 71.5 Å². The Kier molecular flexibility index (Phi) is 5.35. The minimum Gasteiger partial charge on any atom is -0.459 e. The maximum Gasteiger partial charge on any atom is 0.342 e. The second kappa shape index (κ2) is 7.24. The normalized spacial score (nSPS) is 15.7. The van der Waals surface area contributed by atoms with E-state index in [-0.39, 0.29) is 24.0 Å². The Labute approximate surface area is 130 Å². The lowest BCUT2D eigenvalue weighted by molar-refractivity contribution is -0.119. The van der Waals surface area contributed by atoms with Gasteiger partial charge in [0.1, 0.15) is 11.4 Å². The molecule has 0 radical (unpaired) electrons. The Morgan fingerprint density at radius 3 is 2.64 bits per heavy atom. The van der Waals surface area contributed by atoms with Gasteiger partial charge in [0.25, 0.3) is 0 Å². The van der Waals surface area contributed by atoms with Crippen LogP contribution in [0.3, 0.4) is 0 Å². The van der Waals surface area contributed by atoms with Crippen LogP contribution in [0.15, 0.2) is 18.3 Å². The average Bonchev–Trinajstić information content (AvgIpc) is 2.47. The third-order valence-corrected chi connectivity index (χ3v) is 3.55. The number of anilines is 1. The van der Waals surface area contributed by atoms with Crippen molar-refractivity contribution >= 4 is 17.7 Å². The Balaban J connectivity index is 2.07. The smallest absolute Gasteiger partial charge is 0.342 e. The molecule has 1 aliphatic heterocycles. The fraction of sp³-hybridized carbons (Fsp3) is 0.562. The van der Waals surface area contributed by atoms with Gasteiger partial charge in [-0.05, 0) is 38.8 Å². The van der Waals surface area contributed by atoms with Gasteiger partial charge >= 0.3 is 5.97 Å². The molecule has 2 heterocycles. The summed E-state index contributed by atoms with van der Waals surface area (Å²) in [7, 11) is 0. The number of ether oxygens (including phenoxy) is 1. The number of hydrogen-bond acceptors (Lipinski definition) is 5. The molecule has 0 unspecified atom stereocenters. The van der Waals surface area contributed by atoms with E-state index in [0.29, 0.717) is 11.4 Å². The van der Waals surface area contributed by atoms with Gasteiger partial charge in [-0.3, -0.25) is 4.79 Å². The zero-order valence-electron chi connectivity index (χ0n) is 13.3. The lowest BCUT2D eigenvalue weighted by Crippen LogP contribution is -2.44. The number of carbonyl (C=O) groups is 2. The number of hydrogen-bond donors (Lipinski definition) is 1. The largest absolute Gasteiger partial charge is 0.459 e. The van der Waals surface area contributed by atoms with Crippen LogP contribution in [0.4, 0.5) is 5.82 Å². The molecule has 0 saturated carbocycles. The van der Waals surface area contributed by atoms with Crippen molar-refractivity contribution in [3.05, 3.63) is 23.9 Å². The first kappa shape index (κ1) is 16.3. The minimum absolute atomic E-state index is 0.00233. The minimum atomic E-state index is -0.345. The summed E-state index contributed by atoms with van der Waals surface area (Å²) >= 11 is 0. The van der Waals surface area contributed by atoms with E-state index in [0.717, 1.165) is 25.9 Å². The second-order valence-electron chi connectivity index (χ2n) is 5.79. The number of piperidine rings is 1. The monoisotopic (exact) mass is 305 g/mol. The van der Waals surface area contributed by atoms with Crippen molar-refractivity contribution in [2.75, 3.05) is 18.0 Å². The van der Waals surface area contributed by atoms with Crippen molar-refractivity contribution < 1.29 is 14.3 Å². The highest BCUT2D eigenvalue weighted by Crippen LogP contribution is 2.23. The molecule has 1 aliphatic rings. The van der Waals surface area contributed by atoms with Crippen LogP contribution in [0.5, 0.6) is 0 Å². The highest BCUT2D eigenvalue weighted by atomic mass is 16.5. The van der Waals surface area contributed by atoms with E-state index in [1.807, 2.05) is 13.8 Å². The summed E-state index contributed by atoms with van der Waals surface area (Å²) in [5.41, 5.74) is 0.495. The van der Waals surface area contributed by atoms with Crippen molar-refractivity contribution in [1.29, 1.82) is 0 Å². The maximum absolute atomic E-state index is 12.2. The molecule has 120 valence electrons. The van der Waals surface area contributed by atoms with E-state index in [1.54, 1.807) is 18.3 Å². The maximum atomic E-state index is 12.2. The summed E-state index contributed by atoms with van der Waals surface area (Å²) in [5, 5.41) is 2.94. The number of rotatable bonds is 4. The molecule has 1 N–H and O–H groups in total. The first-order chi connectivity index (χ1) is 10.5. The van der Waals surface area contributed by atoms with E-state index in [1.165, 1.54) is 6.92 Å². The molecule has 1 amide bonds. The second-order valence-corrected chi connectivity index (χ2v) is 5.79. The molecule has 0 atom stereocenters. The third-order valence-electron chi connectivity index (χ3n) is 3.55. The molecule has 0 bridgehead atoms. The fourth-order valence-corrected chi connectivity index (χ4v) is 2.61. The number of nitrogens with one attached hydrogen (secondary N) is 1. The van der Waals surface area contributed by atoms with Crippen molar-refractivity contribution in [2.24, 2.45) is 0 Å². The molecule has 22 heavy (non-hydrogen) atoms. The zero-order valence-corrected chi connectivity index (χ0v) is 13.3. The van der Waals surface area contributed by atoms with Crippen LogP contribution in [0.25, 0.3) is 0 Å². The number of pyridine rings is 1. The summed E-state index contributed by atoms with van der Waals surface area (Å²) in [6, 6.07) is 3.68. The van der Waals surface area contributed by atoms with Gasteiger partial charge in [0.05, 0.1) is 6.10 Å². The van der Waals surface area contributed by atoms with E-state index in [4.69, 9.17) is 4.74 Å². The van der Waals surface area contributed by atoms with Gasteiger partial charge in [0, 0.05) is 32.3 Å². The van der Waals surface area contributed by atoms with Gasteiger partial charge in [0.15, 0.2) is 0 Å². The zero-order chi connectivity index (χ0) is 16.1. The van der Waals surface area contributed by atoms with Gasteiger partial charge < -0.3 is 15.0 Å². The van der Waals surface area contributed by atoms with Crippen molar-refractivity contribution in [1.82, 2.24) is 10.3 Å². The quantitative estimate of drug-likeness (QED) is 0.858. The predicted octanol–water partition coefficient (Wildman–Crippen LogP) is 1.75. The Hall–Kier alpha value is -2.11. The lowest BCUT2D eigenvalue weighted by Gasteiger charge is -2.33. The Bertz CT molecular complexity index is 537. The highest BCUT2D eigenvalue weighted by molar-refractivity contribution is 5.94. The predicted molar refractivity (Wildman–Crippen MR) is 83.8 cm³/mol. The summed E-state index contributed by atoms with van der Waals surface area (Å²) in [6.45, 7) is 6.69. The van der Waals surface area contributed by atoms with Gasteiger partial charge in [-0.15, -0.1) is 0 Å². The number of nitrogens with zero attached hydrogens (tertiary/aromatic N) is 2. The standard InChI is InChI=1S/C16H23N3O3/c1-11(2)22-16(21)14-5-4-8-17-15(14)19-9-6-13(7-10-19)18-12(3)20/h4-5,8,11,13H,6-7,9-10H2,1-3H3,(H,18,20). The molecule has 6 heteroatoms. The molecule has 2 rings (SSSR count).